The van der Waals surface area contributed by atoms with E-state index in [1.807, 2.05) is 4.31 Å². The quantitative estimate of drug-likeness (QED) is 0.499. The molecule has 1 aliphatic heterocycles. The van der Waals surface area contributed by atoms with Crippen molar-refractivity contribution in [2.75, 3.05) is 19.6 Å². The van der Waals surface area contributed by atoms with Gasteiger partial charge in [0.15, 0.2) is 0 Å². The van der Waals surface area contributed by atoms with E-state index < -0.39 is 0 Å². The summed E-state index contributed by atoms with van der Waals surface area (Å²) in [6, 6.07) is 0. The van der Waals surface area contributed by atoms with Crippen molar-refractivity contribution in [3.63, 3.8) is 0 Å². The van der Waals surface area contributed by atoms with E-state index in [-0.39, 0.29) is 5.54 Å². The van der Waals surface area contributed by atoms with Gasteiger partial charge in [-0.1, -0.05) is 12.8 Å². The van der Waals surface area contributed by atoms with Gasteiger partial charge in [-0.15, -0.1) is 0 Å². The lowest BCUT2D eigenvalue weighted by atomic mass is 9.91. The van der Waals surface area contributed by atoms with Crippen molar-refractivity contribution in [3.05, 3.63) is 0 Å². The minimum absolute atomic E-state index is 0.139. The fraction of sp³-hybridized carbons (Fsp3) is 0.875. The largest absolute Gasteiger partial charge is 0.305 e. The highest BCUT2D eigenvalue weighted by molar-refractivity contribution is 7.77. The molecule has 0 unspecified atom stereocenters. The van der Waals surface area contributed by atoms with Gasteiger partial charge in [0.1, 0.15) is 6.29 Å². The van der Waals surface area contributed by atoms with E-state index in [1.54, 1.807) is 0 Å². The van der Waals surface area contributed by atoms with Crippen molar-refractivity contribution in [2.24, 2.45) is 0 Å². The molecule has 1 saturated heterocycles. The van der Waals surface area contributed by atoms with Gasteiger partial charge in [0.2, 0.25) is 0 Å². The molecule has 0 spiro atoms. The SMILES string of the molecule is CC1(NCC=O)CCN(S)CC1. The molecule has 1 heterocycles. The van der Waals surface area contributed by atoms with Crippen molar-refractivity contribution in [1.29, 1.82) is 0 Å². The standard InChI is InChI=1S/C8H16N2OS/c1-8(9-4-7-11)2-5-10(12)6-3-8/h7,9,12H,2-6H2,1H3. The second-order valence-corrected chi connectivity index (χ2v) is 4.13. The van der Waals surface area contributed by atoms with Crippen molar-refractivity contribution < 1.29 is 4.79 Å². The van der Waals surface area contributed by atoms with Crippen molar-refractivity contribution >= 4 is 19.1 Å². The molecule has 3 nitrogen and oxygen atoms in total. The average Bonchev–Trinajstić information content (AvgIpc) is 2.08. The summed E-state index contributed by atoms with van der Waals surface area (Å²) in [6.07, 6.45) is 3.03. The van der Waals surface area contributed by atoms with Crippen LogP contribution in [0.4, 0.5) is 0 Å². The second-order valence-electron chi connectivity index (χ2n) is 3.56. The van der Waals surface area contributed by atoms with E-state index in [9.17, 15) is 4.79 Å². The number of nitrogens with zero attached hydrogens (tertiary/aromatic N) is 1. The number of thiol groups is 1. The predicted octanol–water partition coefficient (Wildman–Crippen LogP) is 0.474. The predicted molar refractivity (Wildman–Crippen MR) is 52.3 cm³/mol. The van der Waals surface area contributed by atoms with Crippen molar-refractivity contribution in [2.45, 2.75) is 25.3 Å². The zero-order chi connectivity index (χ0) is 9.03. The summed E-state index contributed by atoms with van der Waals surface area (Å²) in [5.41, 5.74) is 0.139. The molecule has 1 aliphatic rings. The Morgan fingerprint density at radius 1 is 1.58 bits per heavy atom. The highest BCUT2D eigenvalue weighted by Crippen LogP contribution is 2.21. The van der Waals surface area contributed by atoms with Gasteiger partial charge in [-0.3, -0.25) is 4.31 Å². The maximum Gasteiger partial charge on any atom is 0.133 e. The van der Waals surface area contributed by atoms with Crippen LogP contribution >= 0.6 is 12.8 Å². The fourth-order valence-corrected chi connectivity index (χ4v) is 1.65. The number of hydrogen-bond donors (Lipinski definition) is 2. The van der Waals surface area contributed by atoms with Crippen LogP contribution in [-0.2, 0) is 4.79 Å². The molecule has 0 radical (unpaired) electrons. The monoisotopic (exact) mass is 188 g/mol. The molecule has 70 valence electrons. The van der Waals surface area contributed by atoms with E-state index in [0.717, 1.165) is 32.2 Å². The van der Waals surface area contributed by atoms with Crippen LogP contribution in [0.25, 0.3) is 0 Å². The maximum absolute atomic E-state index is 10.2. The Balaban J connectivity index is 2.33. The van der Waals surface area contributed by atoms with Crippen LogP contribution in [0.2, 0.25) is 0 Å². The maximum atomic E-state index is 10.2. The van der Waals surface area contributed by atoms with Gasteiger partial charge in [0.05, 0.1) is 6.54 Å². The summed E-state index contributed by atoms with van der Waals surface area (Å²) in [6.45, 7) is 4.61. The molecule has 0 aromatic carbocycles. The fourth-order valence-electron chi connectivity index (χ4n) is 1.45. The number of rotatable bonds is 3. The van der Waals surface area contributed by atoms with Gasteiger partial charge in [0, 0.05) is 18.6 Å². The first-order valence-corrected chi connectivity index (χ1v) is 4.69. The third kappa shape index (κ3) is 2.77. The number of carbonyl (C=O) groups is 1. The Bertz CT molecular complexity index is 155. The van der Waals surface area contributed by atoms with Gasteiger partial charge >= 0.3 is 0 Å². The summed E-state index contributed by atoms with van der Waals surface area (Å²) in [4.78, 5) is 10.2. The Kier molecular flexibility index (Phi) is 3.55. The van der Waals surface area contributed by atoms with Crippen LogP contribution in [-0.4, -0.2) is 35.8 Å². The molecule has 0 atom stereocenters. The zero-order valence-corrected chi connectivity index (χ0v) is 8.31. The topological polar surface area (TPSA) is 32.3 Å². The molecule has 12 heavy (non-hydrogen) atoms. The number of hydrogen-bond acceptors (Lipinski definition) is 4. The highest BCUT2D eigenvalue weighted by Gasteiger charge is 2.27. The minimum atomic E-state index is 0.139. The van der Waals surface area contributed by atoms with Gasteiger partial charge in [-0.2, -0.15) is 0 Å². The normalized spacial score (nSPS) is 23.8. The lowest BCUT2D eigenvalue weighted by Gasteiger charge is -2.37. The van der Waals surface area contributed by atoms with Crippen LogP contribution in [0.5, 0.6) is 0 Å². The first kappa shape index (κ1) is 10.0. The Hall–Kier alpha value is -0.0600. The molecule has 4 heteroatoms. The van der Waals surface area contributed by atoms with E-state index in [4.69, 9.17) is 0 Å². The van der Waals surface area contributed by atoms with E-state index in [1.165, 1.54) is 0 Å². The molecule has 0 aromatic rings. The molecular formula is C8H16N2OS. The molecule has 0 aromatic heterocycles. The lowest BCUT2D eigenvalue weighted by molar-refractivity contribution is -0.107. The Morgan fingerprint density at radius 2 is 2.17 bits per heavy atom. The number of piperidine rings is 1. The van der Waals surface area contributed by atoms with E-state index >= 15 is 0 Å². The molecule has 0 bridgehead atoms. The second kappa shape index (κ2) is 4.25. The molecule has 1 N–H and O–H groups in total. The molecule has 0 aliphatic carbocycles. The number of aldehydes is 1. The van der Waals surface area contributed by atoms with Gasteiger partial charge in [-0.25, -0.2) is 0 Å². The lowest BCUT2D eigenvalue weighted by Crippen LogP contribution is -2.50. The van der Waals surface area contributed by atoms with Crippen LogP contribution in [0.1, 0.15) is 19.8 Å². The minimum Gasteiger partial charge on any atom is -0.305 e. The third-order valence-corrected chi connectivity index (χ3v) is 2.86. The summed E-state index contributed by atoms with van der Waals surface area (Å²) in [7, 11) is 0. The summed E-state index contributed by atoms with van der Waals surface area (Å²) in [5.74, 6) is 0. The van der Waals surface area contributed by atoms with Crippen molar-refractivity contribution in [3.8, 4) is 0 Å². The van der Waals surface area contributed by atoms with E-state index in [0.29, 0.717) is 6.54 Å². The van der Waals surface area contributed by atoms with Crippen LogP contribution in [0.3, 0.4) is 0 Å². The van der Waals surface area contributed by atoms with Crippen molar-refractivity contribution in [1.82, 2.24) is 9.62 Å². The van der Waals surface area contributed by atoms with Crippen LogP contribution < -0.4 is 5.32 Å². The summed E-state index contributed by atoms with van der Waals surface area (Å²) in [5, 5.41) is 3.24. The van der Waals surface area contributed by atoms with Crippen LogP contribution in [0, 0.1) is 0 Å². The van der Waals surface area contributed by atoms with Gasteiger partial charge in [-0.05, 0) is 19.8 Å². The Morgan fingerprint density at radius 3 is 2.67 bits per heavy atom. The molecule has 1 fully saturated rings. The molecule has 0 amide bonds. The Labute approximate surface area is 79.0 Å². The number of carbonyl (C=O) groups excluding carboxylic acids is 1. The number of nitrogens with one attached hydrogen (secondary N) is 1. The highest BCUT2D eigenvalue weighted by atomic mass is 32.1. The molecule has 0 saturated carbocycles. The smallest absolute Gasteiger partial charge is 0.133 e. The molecule has 1 rings (SSSR count). The summed E-state index contributed by atoms with van der Waals surface area (Å²) < 4.78 is 2.02. The molecular weight excluding hydrogens is 172 g/mol. The summed E-state index contributed by atoms with van der Waals surface area (Å²) >= 11 is 4.27. The van der Waals surface area contributed by atoms with Gasteiger partial charge < -0.3 is 10.1 Å². The van der Waals surface area contributed by atoms with Gasteiger partial charge in [0.25, 0.3) is 0 Å². The first-order chi connectivity index (χ1) is 5.66. The zero-order valence-electron chi connectivity index (χ0n) is 7.42. The third-order valence-electron chi connectivity index (χ3n) is 2.46. The van der Waals surface area contributed by atoms with Crippen LogP contribution in [0.15, 0.2) is 0 Å². The average molecular weight is 188 g/mol. The first-order valence-electron chi connectivity index (χ1n) is 4.29. The van der Waals surface area contributed by atoms with E-state index in [2.05, 4.69) is 25.1 Å².